The number of hydrogen-bond acceptors (Lipinski definition) is 7. The fourth-order valence-electron chi connectivity index (χ4n) is 2.82. The Morgan fingerprint density at radius 3 is 2.78 bits per heavy atom. The van der Waals surface area contributed by atoms with Crippen LogP contribution >= 0.6 is 0 Å². The van der Waals surface area contributed by atoms with E-state index >= 15 is 0 Å². The summed E-state index contributed by atoms with van der Waals surface area (Å²) in [5, 5.41) is 24.7. The first-order valence-corrected chi connectivity index (χ1v) is 8.79. The molecule has 0 spiro atoms. The number of aromatic nitrogens is 2. The standard InChI is InChI=1S/C18H24N4O5/c1-11(17-21-16(22-27-17)14(19-2)8-5-9-23)10-15(24)20-13-7-4-3-6-12(13)18(25)26/h5,8,11,23H,3-4,6-7,9-10H2,1-2H3,(H,20,24)(H,25,26)/b8-5-,19-14?. The fourth-order valence-corrected chi connectivity index (χ4v) is 2.82. The third-order valence-corrected chi connectivity index (χ3v) is 4.22. The van der Waals surface area contributed by atoms with Gasteiger partial charge in [0.25, 0.3) is 0 Å². The van der Waals surface area contributed by atoms with Gasteiger partial charge in [0.05, 0.1) is 12.2 Å². The number of nitrogens with one attached hydrogen (secondary N) is 1. The molecule has 1 aromatic heterocycles. The second-order valence-electron chi connectivity index (χ2n) is 6.27. The Morgan fingerprint density at radius 2 is 2.11 bits per heavy atom. The van der Waals surface area contributed by atoms with Gasteiger partial charge in [-0.25, -0.2) is 4.79 Å². The fraction of sp³-hybridized carbons (Fsp3) is 0.500. The average Bonchev–Trinajstić information content (AvgIpc) is 3.12. The number of carboxylic acids is 1. The number of carbonyl (C=O) groups excluding carboxylic acids is 1. The molecule has 0 fully saturated rings. The van der Waals surface area contributed by atoms with Gasteiger partial charge in [0, 0.05) is 25.1 Å². The van der Waals surface area contributed by atoms with E-state index in [0.29, 0.717) is 24.3 Å². The van der Waals surface area contributed by atoms with Crippen LogP contribution in [0.2, 0.25) is 0 Å². The Kier molecular flexibility index (Phi) is 7.42. The van der Waals surface area contributed by atoms with Crippen LogP contribution < -0.4 is 5.32 Å². The van der Waals surface area contributed by atoms with Gasteiger partial charge in [-0.1, -0.05) is 18.2 Å². The lowest BCUT2D eigenvalue weighted by atomic mass is 9.96. The van der Waals surface area contributed by atoms with Crippen LogP contribution in [0.25, 0.3) is 0 Å². The first-order chi connectivity index (χ1) is 13.0. The van der Waals surface area contributed by atoms with Crippen molar-refractivity contribution < 1.29 is 24.3 Å². The highest BCUT2D eigenvalue weighted by Gasteiger charge is 2.23. The Bertz CT molecular complexity index is 778. The van der Waals surface area contributed by atoms with Gasteiger partial charge in [0.15, 0.2) is 0 Å². The molecule has 1 heterocycles. The molecule has 27 heavy (non-hydrogen) atoms. The molecule has 146 valence electrons. The Balaban J connectivity index is 2.02. The predicted octanol–water partition coefficient (Wildman–Crippen LogP) is 1.56. The van der Waals surface area contributed by atoms with Crippen molar-refractivity contribution in [3.63, 3.8) is 0 Å². The summed E-state index contributed by atoms with van der Waals surface area (Å²) < 4.78 is 5.21. The normalized spacial score (nSPS) is 16.6. The number of carboxylic acid groups (broad SMARTS) is 1. The van der Waals surface area contributed by atoms with Crippen LogP contribution in [0.15, 0.2) is 32.9 Å². The molecule has 1 aliphatic carbocycles. The zero-order valence-electron chi connectivity index (χ0n) is 15.4. The average molecular weight is 376 g/mol. The van der Waals surface area contributed by atoms with Crippen LogP contribution in [-0.4, -0.2) is 51.6 Å². The van der Waals surface area contributed by atoms with E-state index in [0.717, 1.165) is 12.8 Å². The van der Waals surface area contributed by atoms with Gasteiger partial charge in [-0.3, -0.25) is 9.79 Å². The molecule has 1 unspecified atom stereocenters. The lowest BCUT2D eigenvalue weighted by molar-refractivity contribution is -0.133. The maximum Gasteiger partial charge on any atom is 0.333 e. The van der Waals surface area contributed by atoms with Gasteiger partial charge < -0.3 is 20.1 Å². The summed E-state index contributed by atoms with van der Waals surface area (Å²) in [7, 11) is 1.57. The maximum atomic E-state index is 12.3. The minimum absolute atomic E-state index is 0.0864. The van der Waals surface area contributed by atoms with E-state index in [2.05, 4.69) is 20.4 Å². The van der Waals surface area contributed by atoms with E-state index in [4.69, 9.17) is 9.63 Å². The van der Waals surface area contributed by atoms with Crippen LogP contribution in [0.1, 0.15) is 56.7 Å². The summed E-state index contributed by atoms with van der Waals surface area (Å²) in [5.41, 5.74) is 1.22. The van der Waals surface area contributed by atoms with Crippen LogP contribution in [0.3, 0.4) is 0 Å². The molecule has 0 saturated carbocycles. The van der Waals surface area contributed by atoms with Crippen molar-refractivity contribution in [1.29, 1.82) is 0 Å². The number of aliphatic hydroxyl groups is 1. The number of aliphatic imine (C=N–C) groups is 1. The minimum Gasteiger partial charge on any atom is -0.478 e. The van der Waals surface area contributed by atoms with E-state index in [9.17, 15) is 14.7 Å². The second-order valence-corrected chi connectivity index (χ2v) is 6.27. The summed E-state index contributed by atoms with van der Waals surface area (Å²) in [4.78, 5) is 31.9. The topological polar surface area (TPSA) is 138 Å². The molecule has 1 atom stereocenters. The van der Waals surface area contributed by atoms with Gasteiger partial charge in [0.1, 0.15) is 5.71 Å². The molecular weight excluding hydrogens is 352 g/mol. The molecule has 0 aromatic carbocycles. The van der Waals surface area contributed by atoms with E-state index in [1.807, 2.05) is 0 Å². The largest absolute Gasteiger partial charge is 0.478 e. The zero-order valence-corrected chi connectivity index (χ0v) is 15.4. The molecule has 9 nitrogen and oxygen atoms in total. The van der Waals surface area contributed by atoms with Crippen LogP contribution in [0.5, 0.6) is 0 Å². The van der Waals surface area contributed by atoms with Crippen LogP contribution in [0, 0.1) is 0 Å². The number of carbonyl (C=O) groups is 2. The number of nitrogens with zero attached hydrogens (tertiary/aromatic N) is 3. The van der Waals surface area contributed by atoms with E-state index in [1.54, 1.807) is 20.0 Å². The first kappa shape index (κ1) is 20.5. The van der Waals surface area contributed by atoms with Gasteiger partial charge in [0.2, 0.25) is 17.6 Å². The summed E-state index contributed by atoms with van der Waals surface area (Å²) in [6, 6.07) is 0. The number of hydrogen-bond donors (Lipinski definition) is 3. The highest BCUT2D eigenvalue weighted by molar-refractivity contribution is 6.05. The molecule has 0 radical (unpaired) electrons. The Morgan fingerprint density at radius 1 is 1.37 bits per heavy atom. The number of aliphatic hydroxyl groups excluding tert-OH is 1. The summed E-state index contributed by atoms with van der Waals surface area (Å²) in [6.45, 7) is 1.64. The van der Waals surface area contributed by atoms with Crippen LogP contribution in [0.4, 0.5) is 0 Å². The summed E-state index contributed by atoms with van der Waals surface area (Å²) in [5.74, 6) is -1.06. The predicted molar refractivity (Wildman–Crippen MR) is 97.3 cm³/mol. The van der Waals surface area contributed by atoms with Crippen molar-refractivity contribution in [2.45, 2.75) is 44.9 Å². The smallest absolute Gasteiger partial charge is 0.333 e. The van der Waals surface area contributed by atoms with Crippen molar-refractivity contribution in [3.8, 4) is 0 Å². The van der Waals surface area contributed by atoms with E-state index in [1.165, 1.54) is 6.08 Å². The van der Waals surface area contributed by atoms with Gasteiger partial charge in [-0.15, -0.1) is 0 Å². The van der Waals surface area contributed by atoms with Crippen molar-refractivity contribution in [1.82, 2.24) is 15.5 Å². The molecule has 0 aliphatic heterocycles. The molecular formula is C18H24N4O5. The Labute approximate surface area is 156 Å². The summed E-state index contributed by atoms with van der Waals surface area (Å²) >= 11 is 0. The van der Waals surface area contributed by atoms with Gasteiger partial charge in [-0.05, 0) is 31.8 Å². The molecule has 0 bridgehead atoms. The van der Waals surface area contributed by atoms with Gasteiger partial charge >= 0.3 is 5.97 Å². The third kappa shape index (κ3) is 5.58. The highest BCUT2D eigenvalue weighted by atomic mass is 16.5. The zero-order chi connectivity index (χ0) is 19.8. The lowest BCUT2D eigenvalue weighted by Gasteiger charge is -2.18. The number of aliphatic carboxylic acids is 1. The van der Waals surface area contributed by atoms with Crippen molar-refractivity contribution in [2.24, 2.45) is 4.99 Å². The first-order valence-electron chi connectivity index (χ1n) is 8.79. The van der Waals surface area contributed by atoms with Crippen molar-refractivity contribution >= 4 is 17.6 Å². The Hall–Kier alpha value is -2.81. The van der Waals surface area contributed by atoms with E-state index in [-0.39, 0.29) is 42.1 Å². The number of rotatable bonds is 8. The quantitative estimate of drug-likeness (QED) is 0.585. The second kappa shape index (κ2) is 9.77. The SMILES string of the molecule is CN=C(/C=C\CO)c1noc(C(C)CC(=O)NC2=C(C(=O)O)CCCC2)n1. The molecule has 0 saturated heterocycles. The molecule has 2 rings (SSSR count). The van der Waals surface area contributed by atoms with Crippen LogP contribution in [-0.2, 0) is 9.59 Å². The molecule has 3 N–H and O–H groups in total. The molecule has 1 aromatic rings. The molecule has 1 aliphatic rings. The number of amides is 1. The maximum absolute atomic E-state index is 12.3. The van der Waals surface area contributed by atoms with E-state index < -0.39 is 5.97 Å². The molecule has 1 amide bonds. The third-order valence-electron chi connectivity index (χ3n) is 4.22. The monoisotopic (exact) mass is 376 g/mol. The lowest BCUT2D eigenvalue weighted by Crippen LogP contribution is -2.28. The molecule has 9 heteroatoms. The van der Waals surface area contributed by atoms with Crippen molar-refractivity contribution in [3.05, 3.63) is 35.1 Å². The minimum atomic E-state index is -0.984. The van der Waals surface area contributed by atoms with Gasteiger partial charge in [-0.2, -0.15) is 4.98 Å². The summed E-state index contributed by atoms with van der Waals surface area (Å²) in [6.07, 6.45) is 5.86. The highest BCUT2D eigenvalue weighted by Crippen LogP contribution is 2.24. The van der Waals surface area contributed by atoms with Crippen molar-refractivity contribution in [2.75, 3.05) is 13.7 Å². The number of allylic oxidation sites excluding steroid dienone is 2.